The Kier molecular flexibility index (Phi) is 5.28. The lowest BCUT2D eigenvalue weighted by Crippen LogP contribution is -2.23. The third kappa shape index (κ3) is 2.92. The highest BCUT2D eigenvalue weighted by atomic mass is 127. The van der Waals surface area contributed by atoms with Crippen molar-refractivity contribution in [3.63, 3.8) is 0 Å². The van der Waals surface area contributed by atoms with Crippen LogP contribution in [0, 0.1) is 0 Å². The SMILES string of the molecule is Brc1cccc2c1CCNC2.CI. The van der Waals surface area contributed by atoms with E-state index in [4.69, 9.17) is 0 Å². The van der Waals surface area contributed by atoms with Crippen LogP contribution in [0.5, 0.6) is 0 Å². The van der Waals surface area contributed by atoms with Gasteiger partial charge in [0, 0.05) is 11.0 Å². The Balaban J connectivity index is 0.000000396. The summed E-state index contributed by atoms with van der Waals surface area (Å²) in [5.74, 6) is 0. The van der Waals surface area contributed by atoms with Crippen molar-refractivity contribution in [2.45, 2.75) is 13.0 Å². The predicted octanol–water partition coefficient (Wildman–Crippen LogP) is 3.15. The van der Waals surface area contributed by atoms with Gasteiger partial charge in [-0.05, 0) is 35.1 Å². The van der Waals surface area contributed by atoms with Crippen molar-refractivity contribution in [3.05, 3.63) is 33.8 Å². The van der Waals surface area contributed by atoms with E-state index in [2.05, 4.69) is 62.0 Å². The molecule has 0 unspecified atom stereocenters. The Labute approximate surface area is 102 Å². The minimum atomic E-state index is 1.02. The fourth-order valence-corrected chi connectivity index (χ4v) is 2.09. The lowest BCUT2D eigenvalue weighted by Gasteiger charge is -2.17. The molecule has 1 heterocycles. The summed E-state index contributed by atoms with van der Waals surface area (Å²) < 4.78 is 1.26. The molecule has 0 radical (unpaired) electrons. The van der Waals surface area contributed by atoms with E-state index in [9.17, 15) is 0 Å². The number of benzene rings is 1. The second-order valence-electron chi connectivity index (χ2n) is 2.80. The predicted molar refractivity (Wildman–Crippen MR) is 69.5 cm³/mol. The smallest absolute Gasteiger partial charge is 0.0211 e. The molecule has 0 spiro atoms. The lowest BCUT2D eigenvalue weighted by atomic mass is 10.0. The number of fused-ring (bicyclic) bond motifs is 1. The first-order valence-corrected chi connectivity index (χ1v) is 7.18. The monoisotopic (exact) mass is 353 g/mol. The number of alkyl halides is 1. The van der Waals surface area contributed by atoms with Crippen LogP contribution in [0.25, 0.3) is 0 Å². The van der Waals surface area contributed by atoms with Crippen molar-refractivity contribution in [2.24, 2.45) is 0 Å². The Morgan fingerprint density at radius 3 is 2.85 bits per heavy atom. The van der Waals surface area contributed by atoms with Gasteiger partial charge in [0.2, 0.25) is 0 Å². The fourth-order valence-electron chi connectivity index (χ4n) is 1.49. The molecule has 13 heavy (non-hydrogen) atoms. The van der Waals surface area contributed by atoms with Crippen LogP contribution in [0.15, 0.2) is 22.7 Å². The van der Waals surface area contributed by atoms with Crippen molar-refractivity contribution < 1.29 is 0 Å². The van der Waals surface area contributed by atoms with E-state index in [0.29, 0.717) is 0 Å². The van der Waals surface area contributed by atoms with Gasteiger partial charge in [0.15, 0.2) is 0 Å². The zero-order valence-corrected chi connectivity index (χ0v) is 11.4. The zero-order chi connectivity index (χ0) is 9.68. The first-order valence-electron chi connectivity index (χ1n) is 4.23. The molecule has 1 N–H and O–H groups in total. The van der Waals surface area contributed by atoms with Crippen LogP contribution >= 0.6 is 38.5 Å². The Bertz CT molecular complexity index is 276. The van der Waals surface area contributed by atoms with E-state index < -0.39 is 0 Å². The maximum Gasteiger partial charge on any atom is 0.0211 e. The summed E-state index contributed by atoms with van der Waals surface area (Å²) in [6.07, 6.45) is 1.15. The van der Waals surface area contributed by atoms with Gasteiger partial charge in [-0.1, -0.05) is 50.7 Å². The standard InChI is InChI=1S/C9H10BrN.CH3I/c10-9-3-1-2-7-6-11-5-4-8(7)9;1-2/h1-3,11H,4-6H2;1H3. The molecule has 72 valence electrons. The van der Waals surface area contributed by atoms with Crippen molar-refractivity contribution in [2.75, 3.05) is 11.5 Å². The van der Waals surface area contributed by atoms with Crippen molar-refractivity contribution >= 4 is 38.5 Å². The van der Waals surface area contributed by atoms with E-state index in [1.807, 2.05) is 4.93 Å². The third-order valence-corrected chi connectivity index (χ3v) is 2.83. The molecule has 0 aliphatic carbocycles. The molecule has 0 aromatic heterocycles. The van der Waals surface area contributed by atoms with Gasteiger partial charge < -0.3 is 5.32 Å². The summed E-state index contributed by atoms with van der Waals surface area (Å²) in [5, 5.41) is 3.35. The maximum atomic E-state index is 3.55. The van der Waals surface area contributed by atoms with Crippen LogP contribution in [0.4, 0.5) is 0 Å². The highest BCUT2D eigenvalue weighted by Gasteiger charge is 2.09. The molecule has 0 saturated heterocycles. The molecular formula is C10H13BrIN. The molecule has 0 amide bonds. The normalized spacial score (nSPS) is 14.1. The Morgan fingerprint density at radius 2 is 2.15 bits per heavy atom. The largest absolute Gasteiger partial charge is 0.312 e. The van der Waals surface area contributed by atoms with E-state index in [-0.39, 0.29) is 0 Å². The van der Waals surface area contributed by atoms with Crippen LogP contribution in [-0.2, 0) is 13.0 Å². The first kappa shape index (κ1) is 11.5. The van der Waals surface area contributed by atoms with E-state index in [1.54, 1.807) is 0 Å². The topological polar surface area (TPSA) is 12.0 Å². The summed E-state index contributed by atoms with van der Waals surface area (Å²) in [7, 11) is 0. The minimum absolute atomic E-state index is 1.02. The molecule has 3 heteroatoms. The first-order chi connectivity index (χ1) is 6.38. The fraction of sp³-hybridized carbons (Fsp3) is 0.400. The van der Waals surface area contributed by atoms with Gasteiger partial charge in [0.1, 0.15) is 0 Å². The zero-order valence-electron chi connectivity index (χ0n) is 7.61. The van der Waals surface area contributed by atoms with E-state index in [1.165, 1.54) is 15.6 Å². The summed E-state index contributed by atoms with van der Waals surface area (Å²) in [6, 6.07) is 6.40. The summed E-state index contributed by atoms with van der Waals surface area (Å²) in [4.78, 5) is 1.97. The van der Waals surface area contributed by atoms with Crippen LogP contribution < -0.4 is 5.32 Å². The molecule has 1 aliphatic heterocycles. The number of nitrogens with one attached hydrogen (secondary N) is 1. The van der Waals surface area contributed by atoms with E-state index >= 15 is 0 Å². The molecule has 0 fully saturated rings. The molecule has 1 aromatic carbocycles. The molecule has 1 aliphatic rings. The van der Waals surface area contributed by atoms with Gasteiger partial charge in [-0.3, -0.25) is 0 Å². The van der Waals surface area contributed by atoms with Crippen LogP contribution in [-0.4, -0.2) is 11.5 Å². The summed E-state index contributed by atoms with van der Waals surface area (Å²) in [5.41, 5.74) is 2.91. The van der Waals surface area contributed by atoms with Crippen LogP contribution in [0.1, 0.15) is 11.1 Å². The van der Waals surface area contributed by atoms with Gasteiger partial charge in [0.05, 0.1) is 0 Å². The van der Waals surface area contributed by atoms with Crippen molar-refractivity contribution in [1.82, 2.24) is 5.32 Å². The second-order valence-corrected chi connectivity index (χ2v) is 3.66. The molecule has 2 rings (SSSR count). The number of rotatable bonds is 0. The van der Waals surface area contributed by atoms with Gasteiger partial charge in [-0.2, -0.15) is 0 Å². The number of hydrogen-bond acceptors (Lipinski definition) is 1. The van der Waals surface area contributed by atoms with Crippen molar-refractivity contribution in [1.29, 1.82) is 0 Å². The molecule has 0 saturated carbocycles. The average Bonchev–Trinajstić information content (AvgIpc) is 2.22. The lowest BCUT2D eigenvalue weighted by molar-refractivity contribution is 0.642. The number of hydrogen-bond donors (Lipinski definition) is 1. The summed E-state index contributed by atoms with van der Waals surface area (Å²) in [6.45, 7) is 2.13. The molecule has 0 atom stereocenters. The molecule has 1 aromatic rings. The third-order valence-electron chi connectivity index (χ3n) is 2.08. The van der Waals surface area contributed by atoms with Crippen molar-refractivity contribution in [3.8, 4) is 0 Å². The van der Waals surface area contributed by atoms with Crippen LogP contribution in [0.3, 0.4) is 0 Å². The number of halogens is 2. The van der Waals surface area contributed by atoms with Gasteiger partial charge >= 0.3 is 0 Å². The highest BCUT2D eigenvalue weighted by molar-refractivity contribution is 14.1. The van der Waals surface area contributed by atoms with Gasteiger partial charge in [-0.15, -0.1) is 0 Å². The molecular weight excluding hydrogens is 341 g/mol. The highest BCUT2D eigenvalue weighted by Crippen LogP contribution is 2.22. The second kappa shape index (κ2) is 5.98. The molecule has 1 nitrogen and oxygen atoms in total. The quantitative estimate of drug-likeness (QED) is 0.558. The Morgan fingerprint density at radius 1 is 1.38 bits per heavy atom. The van der Waals surface area contributed by atoms with Gasteiger partial charge in [0.25, 0.3) is 0 Å². The van der Waals surface area contributed by atoms with Crippen LogP contribution in [0.2, 0.25) is 0 Å². The average molecular weight is 354 g/mol. The Hall–Kier alpha value is 0.390. The maximum absolute atomic E-state index is 3.55. The molecule has 0 bridgehead atoms. The summed E-state index contributed by atoms with van der Waals surface area (Å²) >= 11 is 5.70. The minimum Gasteiger partial charge on any atom is -0.312 e. The van der Waals surface area contributed by atoms with E-state index in [0.717, 1.165) is 19.5 Å². The van der Waals surface area contributed by atoms with Gasteiger partial charge in [-0.25, -0.2) is 0 Å².